The van der Waals surface area contributed by atoms with E-state index in [9.17, 15) is 19.2 Å². The van der Waals surface area contributed by atoms with E-state index in [0.29, 0.717) is 25.9 Å². The molecule has 2 aromatic carbocycles. The van der Waals surface area contributed by atoms with Crippen molar-refractivity contribution in [1.29, 1.82) is 0 Å². The first-order valence-corrected chi connectivity index (χ1v) is 20.3. The molecule has 4 amide bonds. The predicted octanol–water partition coefficient (Wildman–Crippen LogP) is 7.17. The molecule has 1 aliphatic carbocycles. The summed E-state index contributed by atoms with van der Waals surface area (Å²) < 4.78 is 9.66. The fourth-order valence-electron chi connectivity index (χ4n) is 8.89. The van der Waals surface area contributed by atoms with Crippen LogP contribution in [0.2, 0.25) is 0 Å². The molecule has 2 aromatic rings. The van der Waals surface area contributed by atoms with Gasteiger partial charge >= 0.3 is 12.2 Å². The molecular weight excluding hydrogens is 721 g/mol. The van der Waals surface area contributed by atoms with E-state index in [1.807, 2.05) is 43.3 Å². The first kappa shape index (κ1) is 39.7. The minimum atomic E-state index is -0.695. The number of methoxy groups -OCH3 is 2. The highest BCUT2D eigenvalue weighted by Crippen LogP contribution is 2.35. The molecule has 2 N–H and O–H groups in total. The number of ether oxygens (including phenoxy) is 2. The number of amides is 4. The molecule has 0 radical (unpaired) electrons. The average molecular weight is 775 g/mol. The van der Waals surface area contributed by atoms with Crippen molar-refractivity contribution in [2.45, 2.75) is 95.8 Å². The van der Waals surface area contributed by atoms with Crippen molar-refractivity contribution in [2.75, 3.05) is 27.3 Å². The number of likely N-dealkylation sites (tertiary alicyclic amines) is 1. The second kappa shape index (κ2) is 17.7. The zero-order chi connectivity index (χ0) is 40.1. The molecule has 0 unspecified atom stereocenters. The first-order chi connectivity index (χ1) is 27.6. The molecule has 1 saturated carbocycles. The Hall–Kier alpha value is -5.52. The Bertz CT molecular complexity index is 1990. The topological polar surface area (TPSA) is 142 Å². The quantitative estimate of drug-likeness (QED) is 0.232. The van der Waals surface area contributed by atoms with Crippen molar-refractivity contribution in [3.05, 3.63) is 84.2 Å². The van der Waals surface area contributed by atoms with Crippen LogP contribution in [0.25, 0.3) is 22.3 Å². The van der Waals surface area contributed by atoms with Crippen LogP contribution in [0.5, 0.6) is 0 Å². The first-order valence-electron chi connectivity index (χ1n) is 20.3. The number of alkyl carbamates (subject to hydrolysis) is 2. The lowest BCUT2D eigenvalue weighted by molar-refractivity contribution is -0.135. The molecule has 300 valence electrons. The maximum Gasteiger partial charge on any atom is 0.407 e. The van der Waals surface area contributed by atoms with Crippen LogP contribution in [0.15, 0.2) is 83.1 Å². The maximum atomic E-state index is 14.0. The molecule has 4 aliphatic heterocycles. The normalized spacial score (nSPS) is 21.8. The Kier molecular flexibility index (Phi) is 12.4. The third-order valence-electron chi connectivity index (χ3n) is 12.1. The molecule has 2 fully saturated rings. The van der Waals surface area contributed by atoms with Crippen LogP contribution >= 0.6 is 0 Å². The highest BCUT2D eigenvalue weighted by Gasteiger charge is 2.41. The van der Waals surface area contributed by atoms with Crippen molar-refractivity contribution in [3.63, 3.8) is 0 Å². The van der Waals surface area contributed by atoms with Gasteiger partial charge in [0.2, 0.25) is 11.8 Å². The monoisotopic (exact) mass is 774 g/mol. The Balaban J connectivity index is 0.941. The molecule has 12 heteroatoms. The third kappa shape index (κ3) is 8.74. The molecule has 0 aromatic heterocycles. The van der Waals surface area contributed by atoms with Crippen molar-refractivity contribution in [3.8, 4) is 11.1 Å². The van der Waals surface area contributed by atoms with Gasteiger partial charge in [-0.25, -0.2) is 9.59 Å². The summed E-state index contributed by atoms with van der Waals surface area (Å²) in [6.45, 7) is 4.92. The third-order valence-corrected chi connectivity index (χ3v) is 12.1. The van der Waals surface area contributed by atoms with Gasteiger partial charge in [-0.2, -0.15) is 0 Å². The summed E-state index contributed by atoms with van der Waals surface area (Å²) in [4.78, 5) is 65.1. The number of benzene rings is 2. The van der Waals surface area contributed by atoms with Crippen LogP contribution in [0.3, 0.4) is 0 Å². The zero-order valence-corrected chi connectivity index (χ0v) is 33.4. The van der Waals surface area contributed by atoms with E-state index in [0.717, 1.165) is 83.3 Å². The highest BCUT2D eigenvalue weighted by atomic mass is 16.5. The molecule has 4 heterocycles. The average Bonchev–Trinajstić information content (AvgIpc) is 4.09. The number of carbonyl (C=O) groups is 4. The molecule has 1 saturated heterocycles. The van der Waals surface area contributed by atoms with E-state index >= 15 is 0 Å². The van der Waals surface area contributed by atoms with E-state index in [1.54, 1.807) is 4.90 Å². The predicted molar refractivity (Wildman–Crippen MR) is 221 cm³/mol. The van der Waals surface area contributed by atoms with Crippen molar-refractivity contribution >= 4 is 46.6 Å². The summed E-state index contributed by atoms with van der Waals surface area (Å²) in [6, 6.07) is 15.4. The molecule has 0 bridgehead atoms. The number of aliphatic imine (C=N–C) groups is 2. The molecule has 0 spiro atoms. The largest absolute Gasteiger partial charge is 0.453 e. The van der Waals surface area contributed by atoms with E-state index in [2.05, 4.69) is 59.2 Å². The fraction of sp³-hybridized carbons (Fsp3) is 0.467. The summed E-state index contributed by atoms with van der Waals surface area (Å²) in [6.07, 6.45) is 14.9. The van der Waals surface area contributed by atoms with Gasteiger partial charge in [0.25, 0.3) is 0 Å². The Morgan fingerprint density at radius 2 is 1.25 bits per heavy atom. The summed E-state index contributed by atoms with van der Waals surface area (Å²) in [7, 11) is 2.63. The second-order valence-electron chi connectivity index (χ2n) is 16.0. The summed E-state index contributed by atoms with van der Waals surface area (Å²) in [5.41, 5.74) is 8.50. The lowest BCUT2D eigenvalue weighted by Gasteiger charge is -2.34. The van der Waals surface area contributed by atoms with E-state index in [1.165, 1.54) is 20.6 Å². The standard InChI is InChI=1S/C45H54N6O6/c1-28(2)40(48-44(54)56-3)42(52)50-22-8-12-38(50)36-24-34(26-46-36)31-18-14-29(15-19-31)30-16-20-32(21-17-30)35-25-37(47-27-35)39-13-9-23-51(39)43(53)41(49-45(55)57-4)33-10-6-5-7-11-33/h8,12,14-21,26-28,33,38-41H,5-7,9-11,13,22-25H2,1-4H3,(H,48,54)(H,49,55)/t38-,39-,40-,41-/m0/s1. The van der Waals surface area contributed by atoms with Gasteiger partial charge in [0.1, 0.15) is 12.1 Å². The van der Waals surface area contributed by atoms with Crippen LogP contribution < -0.4 is 10.6 Å². The van der Waals surface area contributed by atoms with Crippen molar-refractivity contribution < 1.29 is 28.7 Å². The number of hydrogen-bond acceptors (Lipinski definition) is 8. The lowest BCUT2D eigenvalue weighted by Crippen LogP contribution is -2.54. The molecule has 4 atom stereocenters. The molecule has 5 aliphatic rings. The number of nitrogens with zero attached hydrogens (tertiary/aromatic N) is 4. The minimum Gasteiger partial charge on any atom is -0.453 e. The maximum absolute atomic E-state index is 14.0. The van der Waals surface area contributed by atoms with Crippen molar-refractivity contribution in [1.82, 2.24) is 20.4 Å². The van der Waals surface area contributed by atoms with Gasteiger partial charge in [-0.1, -0.05) is 93.8 Å². The summed E-state index contributed by atoms with van der Waals surface area (Å²) >= 11 is 0. The lowest BCUT2D eigenvalue weighted by atomic mass is 9.83. The van der Waals surface area contributed by atoms with Gasteiger partial charge in [0.15, 0.2) is 0 Å². The van der Waals surface area contributed by atoms with E-state index in [-0.39, 0.29) is 35.7 Å². The fourth-order valence-corrected chi connectivity index (χ4v) is 8.89. The highest BCUT2D eigenvalue weighted by molar-refractivity contribution is 6.05. The smallest absolute Gasteiger partial charge is 0.407 e. The minimum absolute atomic E-state index is 0.0192. The zero-order valence-electron chi connectivity index (χ0n) is 33.4. The Morgan fingerprint density at radius 1 is 0.684 bits per heavy atom. The van der Waals surface area contributed by atoms with Crippen LogP contribution in [0, 0.1) is 11.8 Å². The van der Waals surface area contributed by atoms with Crippen molar-refractivity contribution in [2.24, 2.45) is 21.8 Å². The molecule has 57 heavy (non-hydrogen) atoms. The van der Waals surface area contributed by atoms with Gasteiger partial charge in [-0.05, 0) is 70.9 Å². The van der Waals surface area contributed by atoms with E-state index in [4.69, 9.17) is 19.5 Å². The second-order valence-corrected chi connectivity index (χ2v) is 16.0. The van der Waals surface area contributed by atoms with Gasteiger partial charge in [-0.3, -0.25) is 19.6 Å². The molecule has 7 rings (SSSR count). The number of allylic oxidation sites excluding steroid dienone is 2. The van der Waals surface area contributed by atoms with Gasteiger partial charge in [-0.15, -0.1) is 0 Å². The van der Waals surface area contributed by atoms with Gasteiger partial charge < -0.3 is 29.9 Å². The summed E-state index contributed by atoms with van der Waals surface area (Å²) in [5.74, 6) is -0.164. The number of rotatable bonds is 11. The number of hydrogen-bond donors (Lipinski definition) is 2. The van der Waals surface area contributed by atoms with Crippen LogP contribution in [0.1, 0.15) is 82.8 Å². The summed E-state index contributed by atoms with van der Waals surface area (Å²) in [5, 5.41) is 5.58. The number of carbonyl (C=O) groups excluding carboxylic acids is 4. The van der Waals surface area contributed by atoms with E-state index < -0.39 is 24.3 Å². The Morgan fingerprint density at radius 3 is 1.84 bits per heavy atom. The van der Waals surface area contributed by atoms with Gasteiger partial charge in [0.05, 0.1) is 26.3 Å². The molecule has 12 nitrogen and oxygen atoms in total. The van der Waals surface area contributed by atoms with Crippen LogP contribution in [-0.4, -0.2) is 96.7 Å². The Labute approximate surface area is 335 Å². The van der Waals surface area contributed by atoms with Crippen LogP contribution in [-0.2, 0) is 19.1 Å². The van der Waals surface area contributed by atoms with Crippen LogP contribution in [0.4, 0.5) is 9.59 Å². The van der Waals surface area contributed by atoms with Gasteiger partial charge in [0, 0.05) is 49.8 Å². The SMILES string of the molecule is COC(=O)N[C@H](C(=O)N1CC=C[C@H]1C1=NC=C(c2ccc(-c3ccc(C4=CN=C([C@@H]5CCCN5C(=O)[C@@H](NC(=O)OC)C5CCCCC5)C4)cc3)cc2)C1)C(C)C. The molecular formula is C45H54N6O6. The number of nitrogens with one attached hydrogen (secondary N) is 2.